The molecule has 2 aromatic carbocycles. The summed E-state index contributed by atoms with van der Waals surface area (Å²) >= 11 is 6.62. The smallest absolute Gasteiger partial charge is 0.321 e. The van der Waals surface area contributed by atoms with E-state index in [9.17, 15) is 5.26 Å². The number of hydrogen-bond donors (Lipinski definition) is 1. The lowest BCUT2D eigenvalue weighted by Crippen LogP contribution is -2.51. The highest BCUT2D eigenvalue weighted by Crippen LogP contribution is 2.39. The van der Waals surface area contributed by atoms with E-state index in [1.807, 2.05) is 24.3 Å². The van der Waals surface area contributed by atoms with Gasteiger partial charge in [-0.1, -0.05) is 41.9 Å². The minimum atomic E-state index is 0.0873. The molecule has 0 radical (unpaired) electrons. The van der Waals surface area contributed by atoms with Crippen molar-refractivity contribution in [2.75, 3.05) is 44.7 Å². The van der Waals surface area contributed by atoms with Crippen LogP contribution >= 0.6 is 11.6 Å². The Balaban J connectivity index is 1.35. The molecule has 0 amide bonds. The summed E-state index contributed by atoms with van der Waals surface area (Å²) in [6.07, 6.45) is 5.43. The van der Waals surface area contributed by atoms with E-state index in [0.717, 1.165) is 59.5 Å². The summed E-state index contributed by atoms with van der Waals surface area (Å²) in [6.45, 7) is 3.87. The Bertz CT molecular complexity index is 1410. The number of benzene rings is 2. The Kier molecular flexibility index (Phi) is 7.07. The fraction of sp³-hybridized carbons (Fsp3) is 0.414. The summed E-state index contributed by atoms with van der Waals surface area (Å²) < 4.78 is 12.7. The maximum Gasteiger partial charge on any atom is 0.321 e. The minimum absolute atomic E-state index is 0.0873. The second-order valence-electron chi connectivity index (χ2n) is 10.2. The van der Waals surface area contributed by atoms with Crippen molar-refractivity contribution in [3.63, 3.8) is 0 Å². The van der Waals surface area contributed by atoms with Gasteiger partial charge in [-0.25, -0.2) is 0 Å². The Hall–Kier alpha value is -3.38. The lowest BCUT2D eigenvalue weighted by Gasteiger charge is -2.35. The summed E-state index contributed by atoms with van der Waals surface area (Å²) in [5.74, 6) is 2.06. The molecule has 2 saturated heterocycles. The number of hydrogen-bond acceptors (Lipinski definition) is 8. The lowest BCUT2D eigenvalue weighted by atomic mass is 10.0. The maximum atomic E-state index is 9.24. The number of nitriles is 1. The van der Waals surface area contributed by atoms with Crippen LogP contribution in [0.15, 0.2) is 42.5 Å². The molecule has 0 bridgehead atoms. The number of fused-ring (bicyclic) bond motifs is 2. The lowest BCUT2D eigenvalue weighted by molar-refractivity contribution is 0.186. The average molecular weight is 531 g/mol. The van der Waals surface area contributed by atoms with Gasteiger partial charge in [-0.2, -0.15) is 15.2 Å². The van der Waals surface area contributed by atoms with Crippen LogP contribution < -0.4 is 19.7 Å². The van der Waals surface area contributed by atoms with Crippen LogP contribution in [0.25, 0.3) is 16.5 Å². The molecule has 6 rings (SSSR count). The van der Waals surface area contributed by atoms with E-state index in [1.165, 1.54) is 6.42 Å². The first-order valence-corrected chi connectivity index (χ1v) is 13.6. The number of piperazine rings is 1. The summed E-state index contributed by atoms with van der Waals surface area (Å²) in [5.41, 5.74) is 1.87. The molecule has 8 nitrogen and oxygen atoms in total. The molecule has 38 heavy (non-hydrogen) atoms. The number of halogens is 1. The number of likely N-dealkylation sites (tertiary alicyclic amines) is 1. The molecule has 2 fully saturated rings. The Labute approximate surface area is 227 Å². The van der Waals surface area contributed by atoms with Crippen molar-refractivity contribution in [3.8, 4) is 18.0 Å². The first-order valence-electron chi connectivity index (χ1n) is 13.3. The predicted octanol–water partition coefficient (Wildman–Crippen LogP) is 4.42. The monoisotopic (exact) mass is 530 g/mol. The topological polar surface area (TPSA) is 86.5 Å². The van der Waals surface area contributed by atoms with Gasteiger partial charge in [0.2, 0.25) is 5.88 Å². The Morgan fingerprint density at radius 1 is 1.21 bits per heavy atom. The average Bonchev–Trinajstić information content (AvgIpc) is 3.35. The summed E-state index contributed by atoms with van der Waals surface area (Å²) in [7, 11) is 2.13. The van der Waals surface area contributed by atoms with Crippen LogP contribution in [0.2, 0.25) is 5.02 Å². The Morgan fingerprint density at radius 3 is 2.89 bits per heavy atom. The fourth-order valence-electron chi connectivity index (χ4n) is 5.65. The van der Waals surface area contributed by atoms with Crippen LogP contribution in [-0.4, -0.2) is 66.8 Å². The van der Waals surface area contributed by atoms with Crippen LogP contribution in [0.4, 0.5) is 5.82 Å². The van der Waals surface area contributed by atoms with Crippen molar-refractivity contribution < 1.29 is 9.47 Å². The number of rotatable bonds is 6. The maximum absolute atomic E-state index is 9.24. The largest absolute Gasteiger partial charge is 0.462 e. The van der Waals surface area contributed by atoms with Gasteiger partial charge in [0, 0.05) is 54.1 Å². The number of nitrogens with zero attached hydrogens (tertiary/aromatic N) is 5. The molecule has 0 saturated carbocycles. The fourth-order valence-corrected chi connectivity index (χ4v) is 5.94. The van der Waals surface area contributed by atoms with Crippen LogP contribution in [0.5, 0.6) is 11.9 Å². The Morgan fingerprint density at radius 2 is 2.08 bits per heavy atom. The number of allylic oxidation sites excluding steroid dienone is 1. The highest BCUT2D eigenvalue weighted by atomic mass is 35.5. The quantitative estimate of drug-likeness (QED) is 0.501. The van der Waals surface area contributed by atoms with Crippen molar-refractivity contribution in [2.24, 2.45) is 0 Å². The zero-order valence-electron chi connectivity index (χ0n) is 21.5. The molecule has 0 aliphatic carbocycles. The number of nitrogens with one attached hydrogen (secondary N) is 1. The number of likely N-dealkylation sites (N-methyl/N-ethyl adjacent to an activating group) is 1. The second kappa shape index (κ2) is 10.8. The third kappa shape index (κ3) is 4.90. The number of anilines is 1. The highest BCUT2D eigenvalue weighted by Gasteiger charge is 2.29. The van der Waals surface area contributed by atoms with E-state index in [-0.39, 0.29) is 6.04 Å². The van der Waals surface area contributed by atoms with E-state index < -0.39 is 0 Å². The molecular formula is C29H31ClN6O2. The SMILES string of the molecule is CN1CCC[C@H]1COc1nc2c(c(N3CCN[C@@H](CC#N)C3)n1)CC=C(c1cccc3cccc(Cl)c13)O2. The van der Waals surface area contributed by atoms with E-state index in [0.29, 0.717) is 48.9 Å². The standard InChI is InChI=1S/C29H31ClN6O2/c1-35-15-4-7-21(35)18-37-29-33-27(36-16-14-32-20(17-36)12-13-31)23-10-11-25(38-28(23)34-29)22-8-2-5-19-6-3-9-24(30)26(19)22/h2-3,5-6,8-9,11,20-21,32H,4,7,10,12,14-18H2,1H3/t20-,21-/m0/s1. The predicted molar refractivity (Wildman–Crippen MR) is 149 cm³/mol. The van der Waals surface area contributed by atoms with Crippen molar-refractivity contribution in [3.05, 3.63) is 58.6 Å². The zero-order valence-corrected chi connectivity index (χ0v) is 22.2. The first kappa shape index (κ1) is 24.9. The van der Waals surface area contributed by atoms with Crippen LogP contribution in [-0.2, 0) is 6.42 Å². The third-order valence-corrected chi connectivity index (χ3v) is 8.03. The minimum Gasteiger partial charge on any atom is -0.462 e. The van der Waals surface area contributed by atoms with Gasteiger partial charge >= 0.3 is 6.01 Å². The molecule has 3 aliphatic heterocycles. The zero-order chi connectivity index (χ0) is 26.1. The summed E-state index contributed by atoms with van der Waals surface area (Å²) in [4.78, 5) is 14.2. The van der Waals surface area contributed by atoms with E-state index in [2.05, 4.69) is 46.4 Å². The van der Waals surface area contributed by atoms with Gasteiger partial charge in [-0.3, -0.25) is 0 Å². The van der Waals surface area contributed by atoms with Gasteiger partial charge < -0.3 is 24.6 Å². The molecule has 1 N–H and O–H groups in total. The summed E-state index contributed by atoms with van der Waals surface area (Å²) in [6, 6.07) is 15.1. The third-order valence-electron chi connectivity index (χ3n) is 7.71. The van der Waals surface area contributed by atoms with Crippen LogP contribution in [0.1, 0.15) is 30.4 Å². The van der Waals surface area contributed by atoms with Gasteiger partial charge in [0.1, 0.15) is 18.2 Å². The highest BCUT2D eigenvalue weighted by molar-refractivity contribution is 6.36. The van der Waals surface area contributed by atoms with Gasteiger partial charge in [0.05, 0.1) is 18.1 Å². The normalized spacial score (nSPS) is 21.5. The van der Waals surface area contributed by atoms with Gasteiger partial charge in [-0.05, 0) is 44.0 Å². The van der Waals surface area contributed by atoms with Gasteiger partial charge in [0.25, 0.3) is 0 Å². The molecule has 9 heteroatoms. The number of ether oxygens (including phenoxy) is 2. The van der Waals surface area contributed by atoms with Gasteiger partial charge in [-0.15, -0.1) is 0 Å². The number of aromatic nitrogens is 2. The van der Waals surface area contributed by atoms with Gasteiger partial charge in [0.15, 0.2) is 0 Å². The molecule has 1 aromatic heterocycles. The van der Waals surface area contributed by atoms with E-state index >= 15 is 0 Å². The molecule has 196 valence electrons. The molecule has 2 atom stereocenters. The van der Waals surface area contributed by atoms with E-state index in [1.54, 1.807) is 0 Å². The first-order chi connectivity index (χ1) is 18.6. The molecular weight excluding hydrogens is 500 g/mol. The second-order valence-corrected chi connectivity index (χ2v) is 10.6. The summed E-state index contributed by atoms with van der Waals surface area (Å²) in [5, 5.41) is 15.4. The van der Waals surface area contributed by atoms with Crippen molar-refractivity contribution in [2.45, 2.75) is 37.8 Å². The van der Waals surface area contributed by atoms with Crippen molar-refractivity contribution in [1.29, 1.82) is 5.26 Å². The molecule has 0 spiro atoms. The molecule has 3 aromatic rings. The molecule has 3 aliphatic rings. The molecule has 4 heterocycles. The van der Waals surface area contributed by atoms with Crippen LogP contribution in [0.3, 0.4) is 0 Å². The van der Waals surface area contributed by atoms with Crippen molar-refractivity contribution >= 4 is 34.0 Å². The van der Waals surface area contributed by atoms with E-state index in [4.69, 9.17) is 31.0 Å². The van der Waals surface area contributed by atoms with Crippen LogP contribution in [0, 0.1) is 11.3 Å². The van der Waals surface area contributed by atoms with Crippen molar-refractivity contribution in [1.82, 2.24) is 20.2 Å². The molecule has 0 unspecified atom stereocenters.